The van der Waals surface area contributed by atoms with Crippen molar-refractivity contribution in [3.63, 3.8) is 0 Å². The standard InChI is InChI=1S/C13H17NO2/c14-13(5-6-13)9-10-3-1-4-11-12(10)16-8-2-7-15-11/h1,3-4H,2,5-9,14H2. The van der Waals surface area contributed by atoms with Crippen LogP contribution >= 0.6 is 0 Å². The number of hydrogen-bond donors (Lipinski definition) is 1. The maximum Gasteiger partial charge on any atom is 0.164 e. The van der Waals surface area contributed by atoms with E-state index < -0.39 is 0 Å². The third-order valence-corrected chi connectivity index (χ3v) is 3.29. The Hall–Kier alpha value is -1.22. The van der Waals surface area contributed by atoms with Gasteiger partial charge >= 0.3 is 0 Å². The van der Waals surface area contributed by atoms with Crippen molar-refractivity contribution < 1.29 is 9.47 Å². The van der Waals surface area contributed by atoms with Crippen molar-refractivity contribution in [2.45, 2.75) is 31.2 Å². The van der Waals surface area contributed by atoms with Gasteiger partial charge in [0.1, 0.15) is 0 Å². The molecule has 0 unspecified atom stereocenters. The van der Waals surface area contributed by atoms with Gasteiger partial charge in [-0.1, -0.05) is 12.1 Å². The molecule has 3 rings (SSSR count). The Kier molecular flexibility index (Phi) is 2.28. The van der Waals surface area contributed by atoms with Crippen LogP contribution in [0, 0.1) is 0 Å². The molecule has 1 aromatic rings. The first-order valence-corrected chi connectivity index (χ1v) is 5.93. The van der Waals surface area contributed by atoms with E-state index in [-0.39, 0.29) is 5.54 Å². The zero-order chi connectivity index (χ0) is 11.0. The van der Waals surface area contributed by atoms with E-state index in [1.807, 2.05) is 12.1 Å². The van der Waals surface area contributed by atoms with E-state index in [9.17, 15) is 0 Å². The van der Waals surface area contributed by atoms with Crippen LogP contribution < -0.4 is 15.2 Å². The van der Waals surface area contributed by atoms with Crippen LogP contribution in [0.15, 0.2) is 18.2 Å². The molecule has 16 heavy (non-hydrogen) atoms. The van der Waals surface area contributed by atoms with Crippen LogP contribution in [0.4, 0.5) is 0 Å². The molecule has 0 saturated heterocycles. The minimum Gasteiger partial charge on any atom is -0.490 e. The van der Waals surface area contributed by atoms with Crippen LogP contribution in [0.2, 0.25) is 0 Å². The first-order valence-electron chi connectivity index (χ1n) is 5.93. The molecule has 2 aliphatic rings. The smallest absolute Gasteiger partial charge is 0.164 e. The minimum absolute atomic E-state index is 0.0186. The summed E-state index contributed by atoms with van der Waals surface area (Å²) in [5, 5.41) is 0. The molecule has 0 atom stereocenters. The molecule has 3 nitrogen and oxygen atoms in total. The molecule has 0 aromatic heterocycles. The number of ether oxygens (including phenoxy) is 2. The molecule has 0 amide bonds. The summed E-state index contributed by atoms with van der Waals surface area (Å²) in [7, 11) is 0. The summed E-state index contributed by atoms with van der Waals surface area (Å²) in [6.07, 6.45) is 4.09. The quantitative estimate of drug-likeness (QED) is 0.826. The number of nitrogens with two attached hydrogens (primary N) is 1. The van der Waals surface area contributed by atoms with Crippen molar-refractivity contribution in [1.29, 1.82) is 0 Å². The first-order chi connectivity index (χ1) is 7.77. The lowest BCUT2D eigenvalue weighted by atomic mass is 10.0. The second kappa shape index (κ2) is 3.67. The van der Waals surface area contributed by atoms with Crippen molar-refractivity contribution in [1.82, 2.24) is 0 Å². The number of benzene rings is 1. The van der Waals surface area contributed by atoms with E-state index in [2.05, 4.69) is 6.07 Å². The SMILES string of the molecule is NC1(Cc2cccc3c2OCCCO3)CC1. The van der Waals surface area contributed by atoms with Crippen molar-refractivity contribution in [2.24, 2.45) is 5.73 Å². The Morgan fingerprint density at radius 1 is 1.19 bits per heavy atom. The highest BCUT2D eigenvalue weighted by molar-refractivity contribution is 5.48. The van der Waals surface area contributed by atoms with Crippen molar-refractivity contribution in [3.05, 3.63) is 23.8 Å². The van der Waals surface area contributed by atoms with Gasteiger partial charge in [-0.15, -0.1) is 0 Å². The van der Waals surface area contributed by atoms with Crippen LogP contribution in [0.25, 0.3) is 0 Å². The molecule has 1 fully saturated rings. The van der Waals surface area contributed by atoms with Crippen LogP contribution in [0.5, 0.6) is 11.5 Å². The Morgan fingerprint density at radius 3 is 2.81 bits per heavy atom. The maximum atomic E-state index is 6.15. The monoisotopic (exact) mass is 219 g/mol. The molecule has 86 valence electrons. The van der Waals surface area contributed by atoms with E-state index in [1.165, 1.54) is 5.56 Å². The molecule has 1 aromatic carbocycles. The van der Waals surface area contributed by atoms with Crippen LogP contribution in [0.1, 0.15) is 24.8 Å². The molecule has 0 bridgehead atoms. The summed E-state index contributed by atoms with van der Waals surface area (Å²) >= 11 is 0. The first kappa shape index (κ1) is 9.97. The molecule has 1 aliphatic carbocycles. The van der Waals surface area contributed by atoms with Gasteiger partial charge in [-0.05, 0) is 30.9 Å². The molecule has 1 saturated carbocycles. The number of fused-ring (bicyclic) bond motifs is 1. The lowest BCUT2D eigenvalue weighted by molar-refractivity contribution is 0.296. The Morgan fingerprint density at radius 2 is 2.00 bits per heavy atom. The van der Waals surface area contributed by atoms with Crippen LogP contribution in [-0.2, 0) is 6.42 Å². The lowest BCUT2D eigenvalue weighted by Gasteiger charge is -2.15. The molecule has 2 N–H and O–H groups in total. The van der Waals surface area contributed by atoms with Crippen molar-refractivity contribution in [3.8, 4) is 11.5 Å². The summed E-state index contributed by atoms with van der Waals surface area (Å²) in [6.45, 7) is 1.48. The molecule has 1 heterocycles. The predicted octanol–water partition coefficient (Wildman–Crippen LogP) is 1.88. The summed E-state index contributed by atoms with van der Waals surface area (Å²) in [5.41, 5.74) is 7.37. The number of para-hydroxylation sites is 1. The topological polar surface area (TPSA) is 44.5 Å². The molecule has 1 aliphatic heterocycles. The summed E-state index contributed by atoms with van der Waals surface area (Å²) in [4.78, 5) is 0. The zero-order valence-electron chi connectivity index (χ0n) is 9.37. The molecule has 0 radical (unpaired) electrons. The highest BCUT2D eigenvalue weighted by Gasteiger charge is 2.39. The van der Waals surface area contributed by atoms with Crippen LogP contribution in [-0.4, -0.2) is 18.8 Å². The second-order valence-corrected chi connectivity index (χ2v) is 4.83. The van der Waals surface area contributed by atoms with Gasteiger partial charge < -0.3 is 15.2 Å². The molecule has 3 heteroatoms. The maximum absolute atomic E-state index is 6.15. The minimum atomic E-state index is 0.0186. The Bertz CT molecular complexity index is 399. The summed E-state index contributed by atoms with van der Waals surface area (Å²) < 4.78 is 11.4. The zero-order valence-corrected chi connectivity index (χ0v) is 9.37. The van der Waals surface area contributed by atoms with Crippen molar-refractivity contribution in [2.75, 3.05) is 13.2 Å². The average molecular weight is 219 g/mol. The van der Waals surface area contributed by atoms with Gasteiger partial charge in [0.2, 0.25) is 0 Å². The highest BCUT2D eigenvalue weighted by atomic mass is 16.5. The molecular formula is C13H17NO2. The van der Waals surface area contributed by atoms with Crippen LogP contribution in [0.3, 0.4) is 0 Å². The fourth-order valence-electron chi connectivity index (χ4n) is 2.11. The Labute approximate surface area is 95.5 Å². The summed E-state index contributed by atoms with van der Waals surface area (Å²) in [5.74, 6) is 1.79. The third-order valence-electron chi connectivity index (χ3n) is 3.29. The highest BCUT2D eigenvalue weighted by Crippen LogP contribution is 2.41. The van der Waals surface area contributed by atoms with Gasteiger partial charge in [-0.3, -0.25) is 0 Å². The van der Waals surface area contributed by atoms with Gasteiger partial charge in [-0.2, -0.15) is 0 Å². The van der Waals surface area contributed by atoms with E-state index in [0.717, 1.165) is 50.4 Å². The van der Waals surface area contributed by atoms with Gasteiger partial charge in [0.05, 0.1) is 13.2 Å². The van der Waals surface area contributed by atoms with Gasteiger partial charge in [0.25, 0.3) is 0 Å². The van der Waals surface area contributed by atoms with Gasteiger partial charge in [0, 0.05) is 12.0 Å². The average Bonchev–Trinajstić information content (AvgIpc) is 3.02. The predicted molar refractivity (Wildman–Crippen MR) is 61.9 cm³/mol. The molecule has 0 spiro atoms. The third kappa shape index (κ3) is 1.87. The number of hydrogen-bond acceptors (Lipinski definition) is 3. The van der Waals surface area contributed by atoms with E-state index in [4.69, 9.17) is 15.2 Å². The van der Waals surface area contributed by atoms with E-state index >= 15 is 0 Å². The normalized spacial score (nSPS) is 21.3. The van der Waals surface area contributed by atoms with E-state index in [1.54, 1.807) is 0 Å². The lowest BCUT2D eigenvalue weighted by Crippen LogP contribution is -2.24. The number of rotatable bonds is 2. The largest absolute Gasteiger partial charge is 0.490 e. The second-order valence-electron chi connectivity index (χ2n) is 4.83. The molecular weight excluding hydrogens is 202 g/mol. The summed E-state index contributed by atoms with van der Waals surface area (Å²) in [6, 6.07) is 6.09. The fourth-order valence-corrected chi connectivity index (χ4v) is 2.11. The van der Waals surface area contributed by atoms with Gasteiger partial charge in [-0.25, -0.2) is 0 Å². The van der Waals surface area contributed by atoms with E-state index in [0.29, 0.717) is 0 Å². The fraction of sp³-hybridized carbons (Fsp3) is 0.538. The van der Waals surface area contributed by atoms with Crippen molar-refractivity contribution >= 4 is 0 Å². The van der Waals surface area contributed by atoms with Gasteiger partial charge in [0.15, 0.2) is 11.5 Å². The Balaban J connectivity index is 1.91.